The molecule has 164 valence electrons. The van der Waals surface area contributed by atoms with E-state index in [-0.39, 0.29) is 17.6 Å². The largest absolute Gasteiger partial charge is 0.350 e. The number of aromatic amines is 1. The van der Waals surface area contributed by atoms with Gasteiger partial charge in [0, 0.05) is 23.7 Å². The maximum Gasteiger partial charge on any atom is 0.274 e. The average Bonchev–Trinajstić information content (AvgIpc) is 3.34. The Labute approximate surface area is 196 Å². The molecular weight excluding hydrogens is 498 g/mol. The minimum atomic E-state index is -0.481. The van der Waals surface area contributed by atoms with E-state index in [9.17, 15) is 9.59 Å². The summed E-state index contributed by atoms with van der Waals surface area (Å²) in [7, 11) is 0. The number of pyridine rings is 1. The highest BCUT2D eigenvalue weighted by atomic mass is 79.9. The third-order valence-corrected chi connectivity index (χ3v) is 5.35. The van der Waals surface area contributed by atoms with Crippen LogP contribution in [0, 0.1) is 6.92 Å². The highest BCUT2D eigenvalue weighted by Gasteiger charge is 2.24. The Bertz CT molecular complexity index is 1350. The number of halogens is 2. The van der Waals surface area contributed by atoms with Crippen molar-refractivity contribution in [1.82, 2.24) is 30.3 Å². The van der Waals surface area contributed by atoms with Crippen molar-refractivity contribution in [2.45, 2.75) is 26.8 Å². The average molecular weight is 517 g/mol. The summed E-state index contributed by atoms with van der Waals surface area (Å²) in [6, 6.07) is 6.66. The van der Waals surface area contributed by atoms with Gasteiger partial charge in [0.05, 0.1) is 28.0 Å². The van der Waals surface area contributed by atoms with Crippen molar-refractivity contribution in [3.63, 3.8) is 0 Å². The van der Waals surface area contributed by atoms with Crippen molar-refractivity contribution in [3.8, 4) is 5.82 Å². The van der Waals surface area contributed by atoms with Crippen LogP contribution in [0.5, 0.6) is 0 Å². The number of carbonyl (C=O) groups is 2. The van der Waals surface area contributed by atoms with Gasteiger partial charge in [-0.1, -0.05) is 11.6 Å². The van der Waals surface area contributed by atoms with Gasteiger partial charge in [-0.25, -0.2) is 9.67 Å². The summed E-state index contributed by atoms with van der Waals surface area (Å²) in [5, 5.41) is 18.1. The normalized spacial score (nSPS) is 11.2. The van der Waals surface area contributed by atoms with E-state index in [1.807, 2.05) is 26.8 Å². The number of benzene rings is 1. The van der Waals surface area contributed by atoms with Crippen molar-refractivity contribution in [2.24, 2.45) is 0 Å². The fraction of sp³-hybridized carbons (Fsp3) is 0.190. The second-order valence-electron chi connectivity index (χ2n) is 7.43. The van der Waals surface area contributed by atoms with Crippen LogP contribution in [0.25, 0.3) is 16.7 Å². The molecule has 1 aromatic carbocycles. The summed E-state index contributed by atoms with van der Waals surface area (Å²) < 4.78 is 1.78. The topological polar surface area (TPSA) is 118 Å². The van der Waals surface area contributed by atoms with Gasteiger partial charge in [-0.05, 0) is 60.5 Å². The molecule has 0 unspecified atom stereocenters. The highest BCUT2D eigenvalue weighted by molar-refractivity contribution is 9.10. The summed E-state index contributed by atoms with van der Waals surface area (Å²) in [6.45, 7) is 5.54. The maximum atomic E-state index is 13.3. The van der Waals surface area contributed by atoms with Gasteiger partial charge in [0.25, 0.3) is 11.8 Å². The molecule has 0 spiro atoms. The lowest BCUT2D eigenvalue weighted by molar-refractivity contribution is 0.0945. The molecule has 3 aromatic heterocycles. The fourth-order valence-corrected chi connectivity index (χ4v) is 3.92. The Kier molecular flexibility index (Phi) is 5.98. The molecule has 0 saturated heterocycles. The first-order valence-electron chi connectivity index (χ1n) is 9.71. The lowest BCUT2D eigenvalue weighted by Crippen LogP contribution is -2.31. The van der Waals surface area contributed by atoms with Crippen LogP contribution in [-0.2, 0) is 0 Å². The Morgan fingerprint density at radius 1 is 1.25 bits per heavy atom. The molecule has 3 heterocycles. The van der Waals surface area contributed by atoms with Crippen LogP contribution in [0.15, 0.2) is 41.3 Å². The number of rotatable bonds is 5. The van der Waals surface area contributed by atoms with Gasteiger partial charge in [0.15, 0.2) is 5.82 Å². The molecule has 0 radical (unpaired) electrons. The standard InChI is InChI=1S/C21H19BrClN7O2/c1-10(2)26-21(32)16-17(11(3)7-12-9-25-28-18(12)16)27-20(31)14-8-15(22)29-30(14)19-13(23)5-4-6-24-19/h4-10H,1-3H3,(H,25,28)(H,26,32)(H,27,31). The van der Waals surface area contributed by atoms with E-state index in [4.69, 9.17) is 11.6 Å². The Hall–Kier alpha value is -3.24. The summed E-state index contributed by atoms with van der Waals surface area (Å²) in [5.74, 6) is -0.496. The van der Waals surface area contributed by atoms with E-state index in [2.05, 4.69) is 46.8 Å². The van der Waals surface area contributed by atoms with Gasteiger partial charge in [0.1, 0.15) is 10.3 Å². The van der Waals surface area contributed by atoms with Crippen LogP contribution in [0.1, 0.15) is 40.3 Å². The number of carbonyl (C=O) groups excluding carboxylic acids is 2. The van der Waals surface area contributed by atoms with Crippen LogP contribution in [0.3, 0.4) is 0 Å². The van der Waals surface area contributed by atoms with Gasteiger partial charge < -0.3 is 10.6 Å². The van der Waals surface area contributed by atoms with E-state index in [0.29, 0.717) is 37.8 Å². The third kappa shape index (κ3) is 4.11. The first-order chi connectivity index (χ1) is 15.3. The summed E-state index contributed by atoms with van der Waals surface area (Å²) in [4.78, 5) is 30.6. The van der Waals surface area contributed by atoms with Gasteiger partial charge >= 0.3 is 0 Å². The number of anilines is 1. The number of aryl methyl sites for hydroxylation is 1. The highest BCUT2D eigenvalue weighted by Crippen LogP contribution is 2.30. The SMILES string of the molecule is Cc1cc2cn[nH]c2c(C(=O)NC(C)C)c1NC(=O)c1cc(Br)nn1-c1ncccc1Cl. The predicted molar refractivity (Wildman–Crippen MR) is 125 cm³/mol. The molecule has 32 heavy (non-hydrogen) atoms. The summed E-state index contributed by atoms with van der Waals surface area (Å²) >= 11 is 9.57. The number of hydrogen-bond donors (Lipinski definition) is 3. The fourth-order valence-electron chi connectivity index (χ4n) is 3.34. The third-order valence-electron chi connectivity index (χ3n) is 4.67. The number of H-pyrrole nitrogens is 1. The summed E-state index contributed by atoms with van der Waals surface area (Å²) in [6.07, 6.45) is 3.19. The monoisotopic (exact) mass is 515 g/mol. The zero-order chi connectivity index (χ0) is 23.0. The summed E-state index contributed by atoms with van der Waals surface area (Å²) in [5.41, 5.74) is 2.12. The van der Waals surface area contributed by atoms with E-state index >= 15 is 0 Å². The van der Waals surface area contributed by atoms with Gasteiger partial charge in [0.2, 0.25) is 0 Å². The van der Waals surface area contributed by atoms with Crippen LogP contribution in [0.4, 0.5) is 5.69 Å². The molecule has 2 amide bonds. The smallest absolute Gasteiger partial charge is 0.274 e. The quantitative estimate of drug-likeness (QED) is 0.366. The number of hydrogen-bond acceptors (Lipinski definition) is 5. The molecule has 4 aromatic rings. The predicted octanol–water partition coefficient (Wildman–Crippen LogP) is 4.26. The first-order valence-corrected chi connectivity index (χ1v) is 10.9. The van der Waals surface area contributed by atoms with Crippen molar-refractivity contribution in [3.05, 3.63) is 63.1 Å². The second-order valence-corrected chi connectivity index (χ2v) is 8.65. The molecule has 0 bridgehead atoms. The number of fused-ring (bicyclic) bond motifs is 1. The van der Waals surface area contributed by atoms with Gasteiger partial charge in [-0.2, -0.15) is 10.2 Å². The van der Waals surface area contributed by atoms with Crippen molar-refractivity contribution < 1.29 is 9.59 Å². The zero-order valence-corrected chi connectivity index (χ0v) is 19.7. The van der Waals surface area contributed by atoms with E-state index < -0.39 is 5.91 Å². The molecule has 4 rings (SSSR count). The molecule has 0 aliphatic carbocycles. The van der Waals surface area contributed by atoms with Gasteiger partial charge in [-0.15, -0.1) is 0 Å². The molecule has 3 N–H and O–H groups in total. The van der Waals surface area contributed by atoms with E-state index in [1.165, 1.54) is 4.68 Å². The molecule has 0 saturated carbocycles. The molecular formula is C21H19BrClN7O2. The number of nitrogens with zero attached hydrogens (tertiary/aromatic N) is 4. The molecule has 11 heteroatoms. The zero-order valence-electron chi connectivity index (χ0n) is 17.4. The van der Waals surface area contributed by atoms with Gasteiger partial charge in [-0.3, -0.25) is 14.7 Å². The molecule has 0 fully saturated rings. The second kappa shape index (κ2) is 8.71. The Balaban J connectivity index is 1.80. The Morgan fingerprint density at radius 3 is 2.75 bits per heavy atom. The number of nitrogens with one attached hydrogen (secondary N) is 3. The van der Waals surface area contributed by atoms with Crippen LogP contribution in [0.2, 0.25) is 5.02 Å². The Morgan fingerprint density at radius 2 is 2.03 bits per heavy atom. The van der Waals surface area contributed by atoms with Crippen LogP contribution < -0.4 is 10.6 Å². The maximum absolute atomic E-state index is 13.3. The van der Waals surface area contributed by atoms with E-state index in [0.717, 1.165) is 5.39 Å². The van der Waals surface area contributed by atoms with E-state index in [1.54, 1.807) is 30.6 Å². The van der Waals surface area contributed by atoms with Crippen molar-refractivity contribution >= 4 is 55.9 Å². The number of amides is 2. The number of aromatic nitrogens is 5. The van der Waals surface area contributed by atoms with Crippen LogP contribution in [-0.4, -0.2) is 42.8 Å². The lowest BCUT2D eigenvalue weighted by Gasteiger charge is -2.17. The molecule has 0 aliphatic heterocycles. The lowest BCUT2D eigenvalue weighted by atomic mass is 10.0. The minimum Gasteiger partial charge on any atom is -0.350 e. The minimum absolute atomic E-state index is 0.0896. The molecule has 0 aliphatic rings. The van der Waals surface area contributed by atoms with Crippen molar-refractivity contribution in [1.29, 1.82) is 0 Å². The van der Waals surface area contributed by atoms with Crippen LogP contribution >= 0.6 is 27.5 Å². The first kappa shape index (κ1) is 22.0. The molecule has 0 atom stereocenters. The van der Waals surface area contributed by atoms with Crippen molar-refractivity contribution in [2.75, 3.05) is 5.32 Å². The molecule has 9 nitrogen and oxygen atoms in total.